The molecule has 0 unspecified atom stereocenters. The third kappa shape index (κ3) is 2.92. The van der Waals surface area contributed by atoms with Gasteiger partial charge in [0.25, 0.3) is 5.56 Å². The number of thiophene rings is 1. The largest absolute Gasteiger partial charge is 0.306 e. The van der Waals surface area contributed by atoms with E-state index in [0.29, 0.717) is 16.7 Å². The van der Waals surface area contributed by atoms with E-state index in [9.17, 15) is 4.79 Å². The Kier molecular flexibility index (Phi) is 3.81. The molecule has 2 aromatic carbocycles. The molecule has 2 heterocycles. The Balaban J connectivity index is 1.64. The number of nitrogens with one attached hydrogen (secondary N) is 1. The third-order valence-electron chi connectivity index (χ3n) is 3.72. The number of aromatic amines is 1. The van der Waals surface area contributed by atoms with Crippen molar-refractivity contribution in [3.05, 3.63) is 87.8 Å². The van der Waals surface area contributed by atoms with Gasteiger partial charge in [0.15, 0.2) is 0 Å². The quantitative estimate of drug-likeness (QED) is 0.585. The number of hydrogen-bond donors (Lipinski definition) is 1. The molecule has 0 aliphatic rings. The monoisotopic (exact) mass is 330 g/mol. The molecule has 0 fully saturated rings. The predicted octanol–water partition coefficient (Wildman–Crippen LogP) is 4.82. The number of nitrogens with zero attached hydrogens (tertiary/aromatic N) is 1. The summed E-state index contributed by atoms with van der Waals surface area (Å²) in [5.41, 5.74) is 1.80. The highest BCUT2D eigenvalue weighted by atomic mass is 32.1. The molecule has 0 amide bonds. The highest BCUT2D eigenvalue weighted by molar-refractivity contribution is 7.16. The number of fused-ring (bicyclic) bond motifs is 1. The number of benzene rings is 2. The Hall–Kier alpha value is -2.98. The molecule has 0 bridgehead atoms. The molecular weight excluding hydrogens is 316 g/mol. The van der Waals surface area contributed by atoms with Gasteiger partial charge in [0.05, 0.1) is 10.9 Å². The van der Waals surface area contributed by atoms with Crippen LogP contribution in [0.25, 0.3) is 33.5 Å². The first-order valence-corrected chi connectivity index (χ1v) is 8.44. The first-order valence-electron chi connectivity index (χ1n) is 7.62. The minimum atomic E-state index is -0.114. The molecule has 0 saturated carbocycles. The van der Waals surface area contributed by atoms with Crippen LogP contribution in [0.3, 0.4) is 0 Å². The average Bonchev–Trinajstić information content (AvgIpc) is 3.10. The van der Waals surface area contributed by atoms with Gasteiger partial charge >= 0.3 is 0 Å². The molecule has 2 aromatic heterocycles. The van der Waals surface area contributed by atoms with Gasteiger partial charge in [0.2, 0.25) is 0 Å². The molecule has 4 aromatic rings. The maximum atomic E-state index is 12.1. The highest BCUT2D eigenvalue weighted by Crippen LogP contribution is 2.28. The first kappa shape index (κ1) is 14.6. The SMILES string of the molecule is O=c1[nH]c(/C=C\c2ccc(-c3ccccc3)s2)nc2ccccc12. The Labute approximate surface area is 143 Å². The molecule has 116 valence electrons. The standard InChI is InChI=1S/C20H14N2OS/c23-20-16-8-4-5-9-17(16)21-19(22-20)13-11-15-10-12-18(24-15)14-6-2-1-3-7-14/h1-13H,(H,21,22,23)/b13-11-. The molecule has 24 heavy (non-hydrogen) atoms. The van der Waals surface area contributed by atoms with Gasteiger partial charge in [0.1, 0.15) is 5.82 Å². The van der Waals surface area contributed by atoms with E-state index in [4.69, 9.17) is 0 Å². The number of para-hydroxylation sites is 1. The zero-order valence-electron chi connectivity index (χ0n) is 12.8. The van der Waals surface area contributed by atoms with Gasteiger partial charge in [-0.05, 0) is 42.0 Å². The van der Waals surface area contributed by atoms with Crippen LogP contribution < -0.4 is 5.56 Å². The van der Waals surface area contributed by atoms with Crippen LogP contribution in [0, 0.1) is 0 Å². The fourth-order valence-corrected chi connectivity index (χ4v) is 3.46. The van der Waals surface area contributed by atoms with Crippen molar-refractivity contribution in [2.75, 3.05) is 0 Å². The maximum absolute atomic E-state index is 12.1. The van der Waals surface area contributed by atoms with E-state index in [-0.39, 0.29) is 5.56 Å². The topological polar surface area (TPSA) is 45.8 Å². The molecule has 3 nitrogen and oxygen atoms in total. The van der Waals surface area contributed by atoms with Crippen molar-refractivity contribution in [1.82, 2.24) is 9.97 Å². The second-order valence-electron chi connectivity index (χ2n) is 5.37. The van der Waals surface area contributed by atoms with Crippen LogP contribution >= 0.6 is 11.3 Å². The summed E-state index contributed by atoms with van der Waals surface area (Å²) in [5.74, 6) is 0.563. The van der Waals surface area contributed by atoms with Crippen molar-refractivity contribution in [2.24, 2.45) is 0 Å². The lowest BCUT2D eigenvalue weighted by Crippen LogP contribution is -2.09. The molecular formula is C20H14N2OS. The maximum Gasteiger partial charge on any atom is 0.259 e. The van der Waals surface area contributed by atoms with Crippen molar-refractivity contribution in [3.8, 4) is 10.4 Å². The minimum Gasteiger partial charge on any atom is -0.306 e. The van der Waals surface area contributed by atoms with Crippen molar-refractivity contribution >= 4 is 34.4 Å². The van der Waals surface area contributed by atoms with Crippen LogP contribution in [0.2, 0.25) is 0 Å². The lowest BCUT2D eigenvalue weighted by molar-refractivity contribution is 1.14. The number of hydrogen-bond acceptors (Lipinski definition) is 3. The fourth-order valence-electron chi connectivity index (χ4n) is 2.54. The van der Waals surface area contributed by atoms with Crippen LogP contribution in [0.5, 0.6) is 0 Å². The number of aromatic nitrogens is 2. The van der Waals surface area contributed by atoms with Crippen LogP contribution in [0.1, 0.15) is 10.7 Å². The lowest BCUT2D eigenvalue weighted by Gasteiger charge is -1.98. The summed E-state index contributed by atoms with van der Waals surface area (Å²) in [6, 6.07) is 21.8. The molecule has 0 atom stereocenters. The molecule has 4 heteroatoms. The van der Waals surface area contributed by atoms with Crippen molar-refractivity contribution in [2.45, 2.75) is 0 Å². The van der Waals surface area contributed by atoms with Crippen LogP contribution in [0.15, 0.2) is 71.5 Å². The van der Waals surface area contributed by atoms with Crippen LogP contribution in [-0.2, 0) is 0 Å². The number of H-pyrrole nitrogens is 1. The normalized spacial score (nSPS) is 11.3. The first-order chi connectivity index (χ1) is 11.8. The summed E-state index contributed by atoms with van der Waals surface area (Å²) in [7, 11) is 0. The summed E-state index contributed by atoms with van der Waals surface area (Å²) >= 11 is 1.71. The van der Waals surface area contributed by atoms with Gasteiger partial charge in [-0.25, -0.2) is 4.98 Å². The highest BCUT2D eigenvalue weighted by Gasteiger charge is 2.02. The predicted molar refractivity (Wildman–Crippen MR) is 101 cm³/mol. The second-order valence-corrected chi connectivity index (χ2v) is 6.49. The van der Waals surface area contributed by atoms with Crippen LogP contribution in [0.4, 0.5) is 0 Å². The Morgan fingerprint density at radius 1 is 0.875 bits per heavy atom. The molecule has 4 rings (SSSR count). The summed E-state index contributed by atoms with van der Waals surface area (Å²) in [6.45, 7) is 0. The third-order valence-corrected chi connectivity index (χ3v) is 4.82. The van der Waals surface area contributed by atoms with Crippen molar-refractivity contribution < 1.29 is 0 Å². The molecule has 1 N–H and O–H groups in total. The van der Waals surface area contributed by atoms with E-state index in [1.165, 1.54) is 10.4 Å². The van der Waals surface area contributed by atoms with E-state index in [1.807, 2.05) is 48.6 Å². The fraction of sp³-hybridized carbons (Fsp3) is 0. The van der Waals surface area contributed by atoms with Gasteiger partial charge in [0, 0.05) is 9.75 Å². The summed E-state index contributed by atoms with van der Waals surface area (Å²) in [4.78, 5) is 21.7. The van der Waals surface area contributed by atoms with E-state index in [1.54, 1.807) is 17.4 Å². The van der Waals surface area contributed by atoms with E-state index >= 15 is 0 Å². The molecule has 0 saturated heterocycles. The van der Waals surface area contributed by atoms with Crippen LogP contribution in [-0.4, -0.2) is 9.97 Å². The Morgan fingerprint density at radius 3 is 2.54 bits per heavy atom. The van der Waals surface area contributed by atoms with E-state index < -0.39 is 0 Å². The summed E-state index contributed by atoms with van der Waals surface area (Å²) < 4.78 is 0. The number of rotatable bonds is 3. The molecule has 0 aliphatic carbocycles. The Bertz CT molecular complexity index is 1080. The second kappa shape index (κ2) is 6.26. The molecule has 0 radical (unpaired) electrons. The van der Waals surface area contributed by atoms with Gasteiger partial charge in [-0.1, -0.05) is 42.5 Å². The van der Waals surface area contributed by atoms with Gasteiger partial charge in [-0.15, -0.1) is 11.3 Å². The van der Waals surface area contributed by atoms with E-state index in [2.05, 4.69) is 34.2 Å². The summed E-state index contributed by atoms with van der Waals surface area (Å²) in [6.07, 6.45) is 3.82. The zero-order valence-corrected chi connectivity index (χ0v) is 13.6. The van der Waals surface area contributed by atoms with Gasteiger partial charge in [-0.3, -0.25) is 4.79 Å². The summed E-state index contributed by atoms with van der Waals surface area (Å²) in [5, 5.41) is 0.608. The van der Waals surface area contributed by atoms with Crippen molar-refractivity contribution in [1.29, 1.82) is 0 Å². The lowest BCUT2D eigenvalue weighted by atomic mass is 10.2. The molecule has 0 spiro atoms. The smallest absolute Gasteiger partial charge is 0.259 e. The zero-order chi connectivity index (χ0) is 16.4. The van der Waals surface area contributed by atoms with Gasteiger partial charge in [-0.2, -0.15) is 0 Å². The van der Waals surface area contributed by atoms with Gasteiger partial charge < -0.3 is 4.98 Å². The Morgan fingerprint density at radius 2 is 1.67 bits per heavy atom. The molecule has 0 aliphatic heterocycles. The van der Waals surface area contributed by atoms with E-state index in [0.717, 1.165) is 4.88 Å². The van der Waals surface area contributed by atoms with Crippen molar-refractivity contribution in [3.63, 3.8) is 0 Å². The average molecular weight is 330 g/mol. The minimum absolute atomic E-state index is 0.114.